The molecule has 1 fully saturated rings. The summed E-state index contributed by atoms with van der Waals surface area (Å²) in [5.74, 6) is 0.748. The molecule has 1 unspecified atom stereocenters. The van der Waals surface area contributed by atoms with Crippen molar-refractivity contribution in [1.82, 2.24) is 0 Å². The first-order chi connectivity index (χ1) is 11.4. The Balaban J connectivity index is 0.00000312. The molecule has 6 heteroatoms. The van der Waals surface area contributed by atoms with Crippen LogP contribution in [0.25, 0.3) is 0 Å². The van der Waals surface area contributed by atoms with Crippen molar-refractivity contribution < 1.29 is 30.5 Å². The van der Waals surface area contributed by atoms with Gasteiger partial charge >= 0.3 is 0 Å². The molecule has 0 heterocycles. The van der Waals surface area contributed by atoms with Gasteiger partial charge in [-0.1, -0.05) is 37.0 Å². The van der Waals surface area contributed by atoms with Gasteiger partial charge in [-0.25, -0.2) is 8.42 Å². The number of Topliss-reactive ketones (excluding diaryl/α,β-unsaturated/α-hetero) is 1. The van der Waals surface area contributed by atoms with E-state index < -0.39 is 9.84 Å². The van der Waals surface area contributed by atoms with Gasteiger partial charge in [-0.15, -0.1) is 0 Å². The van der Waals surface area contributed by atoms with E-state index in [-0.39, 0.29) is 24.1 Å². The highest BCUT2D eigenvalue weighted by Crippen LogP contribution is 2.24. The molecule has 25 heavy (non-hydrogen) atoms. The van der Waals surface area contributed by atoms with E-state index in [1.807, 2.05) is 26.1 Å². The van der Waals surface area contributed by atoms with Crippen molar-refractivity contribution in [3.63, 3.8) is 0 Å². The van der Waals surface area contributed by atoms with Crippen molar-refractivity contribution in [2.45, 2.75) is 50.3 Å². The third kappa shape index (κ3) is 7.08. The summed E-state index contributed by atoms with van der Waals surface area (Å²) in [6.45, 7) is 3.20. The number of ketones is 1. The minimum atomic E-state index is -3.24. The number of benzene rings is 1. The Morgan fingerprint density at radius 3 is 2.28 bits per heavy atom. The topological polar surface area (TPSA) is 55.6 Å². The summed E-state index contributed by atoms with van der Waals surface area (Å²) < 4.78 is 24.7. The van der Waals surface area contributed by atoms with Crippen LogP contribution in [0.15, 0.2) is 29.2 Å². The normalized spacial score (nSPS) is 16.9. The first kappa shape index (κ1) is 22.1. The fourth-order valence-electron chi connectivity index (χ4n) is 3.26. The zero-order valence-corrected chi connectivity index (χ0v) is 16.8. The summed E-state index contributed by atoms with van der Waals surface area (Å²) in [6, 6.07) is 7.00. The Hall–Kier alpha value is -0.910. The molecule has 4 nitrogen and oxygen atoms in total. The zero-order chi connectivity index (χ0) is 17.6. The number of nitrogens with one attached hydrogen (secondary N) is 1. The standard InChI is InChI=1S/C19H29NO3S.ClH/c1-16-8-10-18(11-9-16)24(22,23)15-14-20(2)13-12-19(21)17-6-4-3-5-7-17;/h8-11,17H,3-7,12-15H2,1-2H3;1H. The van der Waals surface area contributed by atoms with Crippen LogP contribution in [-0.4, -0.2) is 40.1 Å². The zero-order valence-electron chi connectivity index (χ0n) is 15.3. The van der Waals surface area contributed by atoms with Crippen LogP contribution in [0.2, 0.25) is 0 Å². The van der Waals surface area contributed by atoms with Gasteiger partial charge in [0, 0.05) is 5.92 Å². The predicted octanol–water partition coefficient (Wildman–Crippen LogP) is -1.17. The number of rotatable bonds is 8. The van der Waals surface area contributed by atoms with Gasteiger partial charge in [0.05, 0.1) is 31.5 Å². The van der Waals surface area contributed by atoms with Crippen molar-refractivity contribution in [3.8, 4) is 0 Å². The van der Waals surface area contributed by atoms with Crippen LogP contribution in [0.1, 0.15) is 44.1 Å². The van der Waals surface area contributed by atoms with E-state index in [1.54, 1.807) is 12.1 Å². The van der Waals surface area contributed by atoms with Crippen LogP contribution in [-0.2, 0) is 14.6 Å². The molecule has 0 aliphatic heterocycles. The number of carbonyl (C=O) groups excluding carboxylic acids is 1. The van der Waals surface area contributed by atoms with E-state index in [1.165, 1.54) is 19.3 Å². The molecule has 0 radical (unpaired) electrons. The molecule has 1 aliphatic rings. The summed E-state index contributed by atoms with van der Waals surface area (Å²) >= 11 is 0. The van der Waals surface area contributed by atoms with Crippen LogP contribution in [0.5, 0.6) is 0 Å². The molecular formula is C19H30ClNO3S. The quantitative estimate of drug-likeness (QED) is 0.611. The Kier molecular flexibility index (Phi) is 9.11. The molecule has 142 valence electrons. The first-order valence-corrected chi connectivity index (χ1v) is 10.7. The Labute approximate surface area is 158 Å². The Morgan fingerprint density at radius 1 is 1.08 bits per heavy atom. The van der Waals surface area contributed by atoms with Gasteiger partial charge in [-0.2, -0.15) is 0 Å². The second-order valence-corrected chi connectivity index (χ2v) is 9.25. The molecule has 0 amide bonds. The smallest absolute Gasteiger partial charge is 0.183 e. The van der Waals surface area contributed by atoms with Crippen LogP contribution in [0, 0.1) is 12.8 Å². The molecule has 0 spiro atoms. The minimum Gasteiger partial charge on any atom is -1.00 e. The third-order valence-corrected chi connectivity index (χ3v) is 6.77. The first-order valence-electron chi connectivity index (χ1n) is 9.02. The third-order valence-electron chi connectivity index (χ3n) is 5.04. The summed E-state index contributed by atoms with van der Waals surface area (Å²) in [4.78, 5) is 13.7. The highest BCUT2D eigenvalue weighted by Gasteiger charge is 2.22. The lowest BCUT2D eigenvalue weighted by Crippen LogP contribution is -3.09. The maximum absolute atomic E-state index is 12.4. The maximum Gasteiger partial charge on any atom is 0.183 e. The number of carbonyl (C=O) groups is 1. The molecule has 0 saturated heterocycles. The van der Waals surface area contributed by atoms with Gasteiger partial charge in [-0.3, -0.25) is 4.79 Å². The summed E-state index contributed by atoms with van der Waals surface area (Å²) in [5.41, 5.74) is 1.05. The second kappa shape index (κ2) is 10.3. The SMILES string of the molecule is Cc1ccc(S(=O)(=O)CC[NH+](C)CCC(=O)C2CCCCC2)cc1.[Cl-]. The number of hydrogen-bond donors (Lipinski definition) is 1. The molecule has 1 atom stereocenters. The van der Waals surface area contributed by atoms with Gasteiger partial charge in [0.1, 0.15) is 11.5 Å². The monoisotopic (exact) mass is 387 g/mol. The summed E-state index contributed by atoms with van der Waals surface area (Å²) in [6.07, 6.45) is 6.26. The second-order valence-electron chi connectivity index (χ2n) is 7.14. The Bertz CT molecular complexity index is 637. The highest BCUT2D eigenvalue weighted by atomic mass is 35.5. The largest absolute Gasteiger partial charge is 1.00 e. The fourth-order valence-corrected chi connectivity index (χ4v) is 4.67. The lowest BCUT2D eigenvalue weighted by atomic mass is 9.85. The lowest BCUT2D eigenvalue weighted by Gasteiger charge is -2.21. The summed E-state index contributed by atoms with van der Waals surface area (Å²) in [7, 11) is -1.27. The van der Waals surface area contributed by atoms with Crippen molar-refractivity contribution >= 4 is 15.6 Å². The molecular weight excluding hydrogens is 358 g/mol. The average Bonchev–Trinajstić information content (AvgIpc) is 2.59. The number of quaternary nitrogens is 1. The highest BCUT2D eigenvalue weighted by molar-refractivity contribution is 7.91. The van der Waals surface area contributed by atoms with E-state index in [0.29, 0.717) is 23.6 Å². The maximum atomic E-state index is 12.4. The molecule has 1 N–H and O–H groups in total. The van der Waals surface area contributed by atoms with Crippen LogP contribution >= 0.6 is 0 Å². The van der Waals surface area contributed by atoms with E-state index in [2.05, 4.69) is 0 Å². The number of hydrogen-bond acceptors (Lipinski definition) is 3. The van der Waals surface area contributed by atoms with Gasteiger partial charge in [-0.05, 0) is 31.9 Å². The van der Waals surface area contributed by atoms with E-state index in [0.717, 1.165) is 29.8 Å². The average molecular weight is 388 g/mol. The molecule has 1 aromatic carbocycles. The van der Waals surface area contributed by atoms with Gasteiger partial charge in [0.25, 0.3) is 0 Å². The van der Waals surface area contributed by atoms with Crippen LogP contribution < -0.4 is 17.3 Å². The predicted molar refractivity (Wildman–Crippen MR) is 96.1 cm³/mol. The number of sulfone groups is 1. The molecule has 0 aromatic heterocycles. The Morgan fingerprint density at radius 2 is 1.68 bits per heavy atom. The van der Waals surface area contributed by atoms with E-state index in [4.69, 9.17) is 0 Å². The number of aryl methyl sites for hydroxylation is 1. The van der Waals surface area contributed by atoms with E-state index in [9.17, 15) is 13.2 Å². The van der Waals surface area contributed by atoms with Gasteiger partial charge in [0.15, 0.2) is 9.84 Å². The van der Waals surface area contributed by atoms with Gasteiger partial charge in [0.2, 0.25) is 0 Å². The molecule has 1 saturated carbocycles. The molecule has 2 rings (SSSR count). The molecule has 0 bridgehead atoms. The molecule has 1 aliphatic carbocycles. The lowest BCUT2D eigenvalue weighted by molar-refractivity contribution is -0.876. The van der Waals surface area contributed by atoms with Crippen molar-refractivity contribution in [2.75, 3.05) is 25.9 Å². The number of halogens is 1. The summed E-state index contributed by atoms with van der Waals surface area (Å²) in [5, 5.41) is 0. The fraction of sp³-hybridized carbons (Fsp3) is 0.632. The van der Waals surface area contributed by atoms with Crippen LogP contribution in [0.4, 0.5) is 0 Å². The van der Waals surface area contributed by atoms with Crippen molar-refractivity contribution in [1.29, 1.82) is 0 Å². The van der Waals surface area contributed by atoms with Gasteiger partial charge < -0.3 is 17.3 Å². The van der Waals surface area contributed by atoms with Crippen LogP contribution in [0.3, 0.4) is 0 Å². The van der Waals surface area contributed by atoms with Crippen molar-refractivity contribution in [3.05, 3.63) is 29.8 Å². The van der Waals surface area contributed by atoms with E-state index >= 15 is 0 Å². The molecule has 1 aromatic rings. The van der Waals surface area contributed by atoms with Crippen molar-refractivity contribution in [2.24, 2.45) is 5.92 Å². The minimum absolute atomic E-state index is 0.